The van der Waals surface area contributed by atoms with E-state index in [1.54, 1.807) is 13.8 Å². The molecule has 5 rings (SSSR count). The van der Waals surface area contributed by atoms with Gasteiger partial charge in [-0.15, -0.1) is 5.10 Å². The quantitative estimate of drug-likeness (QED) is 0.280. The third-order valence-corrected chi connectivity index (χ3v) is 11.9. The number of allylic oxidation sites excluding steroid dienone is 4. The summed E-state index contributed by atoms with van der Waals surface area (Å²) in [6.07, 6.45) is 1.93. The van der Waals surface area contributed by atoms with E-state index in [4.69, 9.17) is 5.14 Å². The highest BCUT2D eigenvalue weighted by atomic mass is 32.2. The van der Waals surface area contributed by atoms with Crippen molar-refractivity contribution in [3.05, 3.63) is 28.6 Å². The van der Waals surface area contributed by atoms with Crippen LogP contribution >= 0.6 is 11.3 Å². The van der Waals surface area contributed by atoms with E-state index in [9.17, 15) is 43.2 Å². The van der Waals surface area contributed by atoms with E-state index in [0.29, 0.717) is 18.4 Å². The second kappa shape index (κ2) is 10.6. The molecule has 1 amide bonds. The molecule has 0 spiro atoms. The number of sulfonamides is 1. The van der Waals surface area contributed by atoms with Crippen molar-refractivity contribution in [2.75, 3.05) is 6.61 Å². The van der Waals surface area contributed by atoms with Crippen LogP contribution in [0.3, 0.4) is 0 Å². The van der Waals surface area contributed by atoms with Crippen molar-refractivity contribution in [1.29, 1.82) is 0 Å². The number of carbonyl (C=O) groups is 3. The number of rotatable bonds is 3. The van der Waals surface area contributed by atoms with Gasteiger partial charge in [0.2, 0.25) is 15.0 Å². The molecule has 3 fully saturated rings. The first-order chi connectivity index (χ1) is 19.3. The summed E-state index contributed by atoms with van der Waals surface area (Å²) in [5.41, 5.74) is -6.12. The van der Waals surface area contributed by atoms with E-state index < -0.39 is 74.5 Å². The molecular weight excluding hydrogens is 595 g/mol. The minimum absolute atomic E-state index is 0.0135. The van der Waals surface area contributed by atoms with Crippen molar-refractivity contribution in [1.82, 2.24) is 9.78 Å². The van der Waals surface area contributed by atoms with Crippen molar-refractivity contribution in [3.63, 3.8) is 0 Å². The summed E-state index contributed by atoms with van der Waals surface area (Å²) in [5.74, 6) is -2.80. The average molecular weight is 631 g/mol. The zero-order chi connectivity index (χ0) is 31.6. The first-order valence-electron chi connectivity index (χ1n) is 13.3. The van der Waals surface area contributed by atoms with Crippen LogP contribution in [-0.2, 0) is 31.5 Å². The number of hydrogen-bond acceptors (Lipinski definition) is 11. The third kappa shape index (κ3) is 4.67. The molecule has 0 radical (unpaired) electrons. The molecule has 16 heteroatoms. The van der Waals surface area contributed by atoms with E-state index in [1.165, 1.54) is 36.9 Å². The second-order valence-corrected chi connectivity index (χ2v) is 14.5. The monoisotopic (exact) mass is 630 g/mol. The Bertz CT molecular complexity index is 1570. The Kier molecular flexibility index (Phi) is 8.19. The molecule has 0 aliphatic heterocycles. The number of amides is 1. The number of primary sulfonamides is 1. The van der Waals surface area contributed by atoms with Crippen LogP contribution < -0.4 is 9.94 Å². The first kappa shape index (κ1) is 32.4. The van der Waals surface area contributed by atoms with Gasteiger partial charge in [0.15, 0.2) is 22.8 Å². The number of nitrogens with two attached hydrogens (primary N) is 1. The Hall–Kier alpha value is -2.47. The Labute approximate surface area is 245 Å². The summed E-state index contributed by atoms with van der Waals surface area (Å²) >= 11 is 0.746. The molecule has 13 nitrogen and oxygen atoms in total. The van der Waals surface area contributed by atoms with Crippen LogP contribution in [0.25, 0.3) is 0 Å². The van der Waals surface area contributed by atoms with Gasteiger partial charge in [0.25, 0.3) is 10.0 Å². The number of halogens is 1. The van der Waals surface area contributed by atoms with Gasteiger partial charge in [0.05, 0.1) is 12.2 Å². The lowest BCUT2D eigenvalue weighted by molar-refractivity contribution is -0.222. The molecule has 0 bridgehead atoms. The SMILES string of the molecule is CC(=O)/N=c1\sc(S(N)(=O)=O)nn1C.C[C@]12C=CC(=O)C=C1CC[C@H]1[C@@H]3C[C@@H](O)[C@](O)(C(=O)CO)[C@@]3(C)C[C@H](O)[C@@]12F. The van der Waals surface area contributed by atoms with Gasteiger partial charge in [-0.2, -0.15) is 4.99 Å². The van der Waals surface area contributed by atoms with E-state index in [0.717, 1.165) is 11.3 Å². The second-order valence-electron chi connectivity index (χ2n) is 11.8. The highest BCUT2D eigenvalue weighted by molar-refractivity contribution is 7.91. The molecule has 0 unspecified atom stereocenters. The molecule has 0 aromatic carbocycles. The number of Topliss-reactive ketones (excluding diaryl/α,β-unsaturated/α-hetero) is 1. The molecule has 42 heavy (non-hydrogen) atoms. The van der Waals surface area contributed by atoms with Gasteiger partial charge in [-0.25, -0.2) is 22.6 Å². The fraction of sp³-hybridized carbons (Fsp3) is 0.654. The predicted octanol–water partition coefficient (Wildman–Crippen LogP) is -0.803. The average Bonchev–Trinajstić information content (AvgIpc) is 3.35. The smallest absolute Gasteiger partial charge is 0.267 e. The molecular formula is C26H35FN4O9S2. The Morgan fingerprint density at radius 3 is 2.45 bits per heavy atom. The van der Waals surface area contributed by atoms with Crippen molar-refractivity contribution >= 4 is 38.8 Å². The Morgan fingerprint density at radius 2 is 1.90 bits per heavy atom. The van der Waals surface area contributed by atoms with Gasteiger partial charge in [-0.1, -0.05) is 29.9 Å². The van der Waals surface area contributed by atoms with Crippen LogP contribution in [-0.4, -0.2) is 86.2 Å². The molecule has 0 saturated heterocycles. The number of ketones is 2. The minimum atomic E-state index is -3.83. The lowest BCUT2D eigenvalue weighted by atomic mass is 9.44. The summed E-state index contributed by atoms with van der Waals surface area (Å²) in [6, 6.07) is 0. The van der Waals surface area contributed by atoms with Gasteiger partial charge < -0.3 is 20.4 Å². The molecule has 6 N–H and O–H groups in total. The fourth-order valence-electron chi connectivity index (χ4n) is 7.52. The summed E-state index contributed by atoms with van der Waals surface area (Å²) < 4.78 is 39.4. The largest absolute Gasteiger partial charge is 0.390 e. The number of aliphatic hydroxyl groups is 4. The molecule has 1 aromatic heterocycles. The third-order valence-electron chi connectivity index (χ3n) is 9.61. The minimum Gasteiger partial charge on any atom is -0.390 e. The van der Waals surface area contributed by atoms with Crippen LogP contribution in [0.2, 0.25) is 0 Å². The molecule has 1 heterocycles. The van der Waals surface area contributed by atoms with Crippen molar-refractivity contribution in [2.24, 2.45) is 39.8 Å². The fourth-order valence-corrected chi connectivity index (χ4v) is 9.12. The first-order valence-corrected chi connectivity index (χ1v) is 15.6. The summed E-state index contributed by atoms with van der Waals surface area (Å²) in [4.78, 5) is 38.6. The van der Waals surface area contributed by atoms with Crippen molar-refractivity contribution in [3.8, 4) is 0 Å². The number of aromatic nitrogens is 2. The molecule has 4 aliphatic rings. The Balaban J connectivity index is 0.000000244. The molecule has 1 aromatic rings. The number of carbonyl (C=O) groups excluding carboxylic acids is 3. The van der Waals surface area contributed by atoms with E-state index in [-0.39, 0.29) is 27.8 Å². The summed E-state index contributed by atoms with van der Waals surface area (Å²) in [6.45, 7) is 3.59. The van der Waals surface area contributed by atoms with Crippen LogP contribution in [0.4, 0.5) is 4.39 Å². The van der Waals surface area contributed by atoms with Gasteiger partial charge in [0, 0.05) is 30.7 Å². The van der Waals surface area contributed by atoms with Gasteiger partial charge >= 0.3 is 0 Å². The number of aryl methyl sites for hydroxylation is 1. The maximum atomic E-state index is 16.8. The molecule has 4 aliphatic carbocycles. The number of aliphatic hydroxyl groups excluding tert-OH is 3. The number of alkyl halides is 1. The van der Waals surface area contributed by atoms with Crippen LogP contribution in [0.15, 0.2) is 33.1 Å². The zero-order valence-electron chi connectivity index (χ0n) is 23.5. The maximum Gasteiger partial charge on any atom is 0.267 e. The zero-order valence-corrected chi connectivity index (χ0v) is 25.2. The van der Waals surface area contributed by atoms with Gasteiger partial charge in [-0.05, 0) is 50.7 Å². The number of nitrogens with zero attached hydrogens (tertiary/aromatic N) is 3. The maximum absolute atomic E-state index is 16.8. The lowest BCUT2D eigenvalue weighted by Gasteiger charge is -2.62. The normalized spacial score (nSPS) is 39.4. The lowest BCUT2D eigenvalue weighted by Crippen LogP contribution is -2.69. The van der Waals surface area contributed by atoms with E-state index >= 15 is 4.39 Å². The standard InChI is InChI=1S/C21H27FO6.C5H8N4O3S2/c1-18-6-5-12(24)7-11(18)3-4-13-14-8-15(25)21(28,17(27)10-23)19(14,2)9-16(26)20(13,18)22;1-3(10)7-4-9(2)8-5(13-4)14(6,11)12/h5-7,13-16,23,25-26,28H,3-4,8-10H2,1-2H3;1-2H3,(H2,6,11,12)/b;7-4-/t13-,14-,15+,16-,18-,19-,20-,21-;/m0./s1. The predicted molar refractivity (Wildman–Crippen MR) is 145 cm³/mol. The summed E-state index contributed by atoms with van der Waals surface area (Å²) in [5, 5.41) is 50.6. The van der Waals surface area contributed by atoms with Gasteiger partial charge in [0.1, 0.15) is 6.61 Å². The highest BCUT2D eigenvalue weighted by Crippen LogP contribution is 2.69. The Morgan fingerprint density at radius 1 is 1.26 bits per heavy atom. The highest BCUT2D eigenvalue weighted by Gasteiger charge is 2.76. The van der Waals surface area contributed by atoms with Crippen molar-refractivity contribution in [2.45, 2.75) is 74.3 Å². The van der Waals surface area contributed by atoms with Crippen LogP contribution in [0.1, 0.15) is 46.5 Å². The number of fused-ring (bicyclic) bond motifs is 5. The van der Waals surface area contributed by atoms with Crippen molar-refractivity contribution < 1.29 is 47.6 Å². The van der Waals surface area contributed by atoms with E-state index in [2.05, 4.69) is 10.1 Å². The molecule has 232 valence electrons. The topological polar surface area (TPSA) is 222 Å². The van der Waals surface area contributed by atoms with Crippen LogP contribution in [0, 0.1) is 22.7 Å². The van der Waals surface area contributed by atoms with Crippen LogP contribution in [0.5, 0.6) is 0 Å². The number of hydrogen-bond donors (Lipinski definition) is 5. The molecule has 3 saturated carbocycles. The molecule has 8 atom stereocenters. The van der Waals surface area contributed by atoms with E-state index in [1.807, 2.05) is 0 Å². The van der Waals surface area contributed by atoms with Gasteiger partial charge in [-0.3, -0.25) is 14.4 Å². The summed E-state index contributed by atoms with van der Waals surface area (Å²) in [7, 11) is -2.35.